The molecule has 0 aromatic heterocycles. The summed E-state index contributed by atoms with van der Waals surface area (Å²) in [5.41, 5.74) is 6.14. The summed E-state index contributed by atoms with van der Waals surface area (Å²) in [5, 5.41) is 0. The maximum absolute atomic E-state index is 10.7. The van der Waals surface area contributed by atoms with E-state index >= 15 is 0 Å². The fraction of sp³-hybridized carbons (Fsp3) is 0.143. The minimum absolute atomic E-state index is 0. The van der Waals surface area contributed by atoms with Crippen LogP contribution in [0.15, 0.2) is 23.1 Å². The maximum Gasteiger partial charge on any atom is 1.00 e. The summed E-state index contributed by atoms with van der Waals surface area (Å²) in [6.45, 7) is 1.59. The first-order valence-electron chi connectivity index (χ1n) is 3.25. The number of anilines is 1. The Kier molecular flexibility index (Phi) is 4.41. The second kappa shape index (κ2) is 4.43. The molecule has 0 unspecified atom stereocenters. The van der Waals surface area contributed by atoms with E-state index in [0.717, 1.165) is 0 Å². The monoisotopic (exact) mass is 211 g/mol. The van der Waals surface area contributed by atoms with E-state index in [1.165, 1.54) is 6.07 Å². The van der Waals surface area contributed by atoms with Crippen molar-refractivity contribution in [3.8, 4) is 0 Å². The normalized spacial score (nSPS) is 10.6. The average Bonchev–Trinajstić information content (AvgIpc) is 1.92. The van der Waals surface area contributed by atoms with Crippen LogP contribution in [0.2, 0.25) is 0 Å². The van der Waals surface area contributed by atoms with E-state index in [0.29, 0.717) is 11.3 Å². The molecule has 3 N–H and O–H groups in total. The van der Waals surface area contributed by atoms with Gasteiger partial charge in [0.25, 0.3) is 10.1 Å². The molecule has 0 radical (unpaired) electrons. The summed E-state index contributed by atoms with van der Waals surface area (Å²) in [5.74, 6) is 0. The van der Waals surface area contributed by atoms with Gasteiger partial charge in [-0.25, -0.2) is 0 Å². The molecule has 13 heavy (non-hydrogen) atoms. The molecule has 68 valence electrons. The third-order valence-electron chi connectivity index (χ3n) is 1.49. The first kappa shape index (κ1) is 12.9. The van der Waals surface area contributed by atoms with Gasteiger partial charge in [-0.05, 0) is 24.6 Å². The number of hydrogen-bond acceptors (Lipinski definition) is 3. The third-order valence-corrected chi connectivity index (χ3v) is 2.49. The van der Waals surface area contributed by atoms with Crippen molar-refractivity contribution < 1.29 is 44.0 Å². The molecule has 0 amide bonds. The Hall–Kier alpha value is -0.0700. The topological polar surface area (TPSA) is 80.4 Å². The van der Waals surface area contributed by atoms with Gasteiger partial charge in [0.15, 0.2) is 0 Å². The van der Waals surface area contributed by atoms with Gasteiger partial charge >= 0.3 is 29.6 Å². The third kappa shape index (κ3) is 3.28. The second-order valence-electron chi connectivity index (χ2n) is 2.50. The zero-order valence-corrected chi connectivity index (χ0v) is 10.3. The van der Waals surface area contributed by atoms with Crippen LogP contribution in [-0.4, -0.2) is 13.0 Å². The molecule has 0 bridgehead atoms. The predicted octanol–water partition coefficient (Wildman–Crippen LogP) is -2.06. The molecule has 1 rings (SSSR count). The molecule has 0 fully saturated rings. The zero-order valence-electron chi connectivity index (χ0n) is 8.48. The minimum atomic E-state index is -4.14. The summed E-state index contributed by atoms with van der Waals surface area (Å²) in [4.78, 5) is -0.137. The molecule has 0 spiro atoms. The smallest absolute Gasteiger partial charge is 1.00 e. The molecule has 1 aromatic rings. The molecule has 4 nitrogen and oxygen atoms in total. The first-order chi connectivity index (χ1) is 5.41. The van der Waals surface area contributed by atoms with Gasteiger partial charge in [-0.2, -0.15) is 8.42 Å². The van der Waals surface area contributed by atoms with Crippen molar-refractivity contribution in [3.63, 3.8) is 0 Å². The zero-order chi connectivity index (χ0) is 9.35. The van der Waals surface area contributed by atoms with Crippen molar-refractivity contribution in [1.29, 1.82) is 0 Å². The minimum Gasteiger partial charge on any atom is -1.00 e. The number of hydrogen-bond donors (Lipinski definition) is 2. The number of nitrogen functional groups attached to an aromatic ring is 1. The van der Waals surface area contributed by atoms with E-state index < -0.39 is 10.1 Å². The number of aryl methyl sites for hydroxylation is 1. The Labute approximate surface area is 101 Å². The van der Waals surface area contributed by atoms with Gasteiger partial charge in [-0.1, -0.05) is 6.07 Å². The molecule has 0 aliphatic carbocycles. The second-order valence-corrected chi connectivity index (χ2v) is 3.89. The van der Waals surface area contributed by atoms with Crippen molar-refractivity contribution in [2.45, 2.75) is 11.8 Å². The van der Waals surface area contributed by atoms with Gasteiger partial charge in [0.1, 0.15) is 0 Å². The van der Waals surface area contributed by atoms with Crippen LogP contribution in [0.4, 0.5) is 5.69 Å². The first-order valence-corrected chi connectivity index (χ1v) is 4.69. The van der Waals surface area contributed by atoms with Crippen LogP contribution in [-0.2, 0) is 10.1 Å². The Balaban J connectivity index is 0. The number of benzene rings is 1. The molecule has 0 aliphatic heterocycles. The number of nitrogens with two attached hydrogens (primary N) is 1. The van der Waals surface area contributed by atoms with Crippen LogP contribution in [0, 0.1) is 6.92 Å². The van der Waals surface area contributed by atoms with Gasteiger partial charge < -0.3 is 7.16 Å². The molecule has 0 heterocycles. The molecule has 0 atom stereocenters. The molecule has 6 heteroatoms. The van der Waals surface area contributed by atoms with E-state index in [-0.39, 0.29) is 35.9 Å². The largest absolute Gasteiger partial charge is 1.00 e. The SMILES string of the molecule is Cc1ccc(N)cc1S(=O)(=O)O.[H-].[Na+]. The van der Waals surface area contributed by atoms with Crippen molar-refractivity contribution in [2.24, 2.45) is 0 Å². The summed E-state index contributed by atoms with van der Waals surface area (Å²) >= 11 is 0. The fourth-order valence-electron chi connectivity index (χ4n) is 0.895. The quantitative estimate of drug-likeness (QED) is 0.318. The van der Waals surface area contributed by atoms with Crippen LogP contribution in [0.1, 0.15) is 6.99 Å². The van der Waals surface area contributed by atoms with Crippen LogP contribution < -0.4 is 35.3 Å². The van der Waals surface area contributed by atoms with E-state index in [1.54, 1.807) is 19.1 Å². The van der Waals surface area contributed by atoms with Gasteiger partial charge in [-0.15, -0.1) is 0 Å². The maximum atomic E-state index is 10.7. The van der Waals surface area contributed by atoms with E-state index in [4.69, 9.17) is 10.3 Å². The van der Waals surface area contributed by atoms with Crippen LogP contribution in [0.25, 0.3) is 0 Å². The molecule has 0 saturated carbocycles. The van der Waals surface area contributed by atoms with E-state index in [2.05, 4.69) is 0 Å². The molecular weight excluding hydrogens is 201 g/mol. The molecule has 1 aromatic carbocycles. The Morgan fingerprint density at radius 3 is 2.38 bits per heavy atom. The molecule has 0 saturated heterocycles. The molecule has 0 aliphatic rings. The van der Waals surface area contributed by atoms with Crippen LogP contribution >= 0.6 is 0 Å². The van der Waals surface area contributed by atoms with Gasteiger partial charge in [0.2, 0.25) is 0 Å². The van der Waals surface area contributed by atoms with Crippen molar-refractivity contribution >= 4 is 15.8 Å². The Bertz CT molecular complexity index is 407. The number of rotatable bonds is 1. The molecular formula is C7H10NNaO3S. The van der Waals surface area contributed by atoms with Crippen molar-refractivity contribution in [1.82, 2.24) is 0 Å². The van der Waals surface area contributed by atoms with Gasteiger partial charge in [0, 0.05) is 5.69 Å². The van der Waals surface area contributed by atoms with Crippen molar-refractivity contribution in [3.05, 3.63) is 23.8 Å². The van der Waals surface area contributed by atoms with Crippen LogP contribution in [0.5, 0.6) is 0 Å². The standard InChI is InChI=1S/C7H9NO3S.Na.H/c1-5-2-3-6(8)4-7(5)12(9,10)11;;/h2-4H,8H2,1H3,(H,9,10,11);;/q;+1;-1. The average molecular weight is 211 g/mol. The van der Waals surface area contributed by atoms with Gasteiger partial charge in [0.05, 0.1) is 4.90 Å². The van der Waals surface area contributed by atoms with Gasteiger partial charge in [-0.3, -0.25) is 4.55 Å². The van der Waals surface area contributed by atoms with E-state index in [1.807, 2.05) is 0 Å². The summed E-state index contributed by atoms with van der Waals surface area (Å²) in [7, 11) is -4.14. The predicted molar refractivity (Wildman–Crippen MR) is 46.5 cm³/mol. The van der Waals surface area contributed by atoms with E-state index in [9.17, 15) is 8.42 Å². The Morgan fingerprint density at radius 2 is 2.00 bits per heavy atom. The summed E-state index contributed by atoms with van der Waals surface area (Å²) in [6, 6.07) is 4.34. The summed E-state index contributed by atoms with van der Waals surface area (Å²) < 4.78 is 30.1. The fourth-order valence-corrected chi connectivity index (χ4v) is 1.65. The summed E-state index contributed by atoms with van der Waals surface area (Å²) in [6.07, 6.45) is 0. The van der Waals surface area contributed by atoms with Crippen LogP contribution in [0.3, 0.4) is 0 Å². The Morgan fingerprint density at radius 1 is 1.46 bits per heavy atom. The van der Waals surface area contributed by atoms with Crippen molar-refractivity contribution in [2.75, 3.05) is 5.73 Å².